The SMILES string of the molecule is CCn1cc(CN2CCCN(c3cnn(-c4ccc(Cl)cc4)c(=O)c3Cl)CC2)cn1. The van der Waals surface area contributed by atoms with Crippen LogP contribution in [0.3, 0.4) is 0 Å². The summed E-state index contributed by atoms with van der Waals surface area (Å²) in [6, 6.07) is 6.94. The van der Waals surface area contributed by atoms with Crippen molar-refractivity contribution < 1.29 is 0 Å². The zero-order valence-corrected chi connectivity index (χ0v) is 18.4. The van der Waals surface area contributed by atoms with E-state index in [-0.39, 0.29) is 10.6 Å². The minimum atomic E-state index is -0.329. The van der Waals surface area contributed by atoms with Crippen LogP contribution < -0.4 is 10.5 Å². The number of hydrogen-bond acceptors (Lipinski definition) is 5. The quantitative estimate of drug-likeness (QED) is 0.600. The van der Waals surface area contributed by atoms with Crippen LogP contribution in [0.15, 0.2) is 47.7 Å². The van der Waals surface area contributed by atoms with E-state index >= 15 is 0 Å². The van der Waals surface area contributed by atoms with Gasteiger partial charge in [-0.05, 0) is 37.6 Å². The maximum atomic E-state index is 12.8. The Morgan fingerprint density at radius 1 is 1.00 bits per heavy atom. The van der Waals surface area contributed by atoms with Gasteiger partial charge in [-0.25, -0.2) is 0 Å². The van der Waals surface area contributed by atoms with Gasteiger partial charge in [0.1, 0.15) is 5.02 Å². The summed E-state index contributed by atoms with van der Waals surface area (Å²) in [4.78, 5) is 17.4. The van der Waals surface area contributed by atoms with Crippen LogP contribution in [0.4, 0.5) is 5.69 Å². The number of nitrogens with zero attached hydrogens (tertiary/aromatic N) is 6. The third kappa shape index (κ3) is 4.53. The van der Waals surface area contributed by atoms with E-state index in [0.717, 1.165) is 45.7 Å². The van der Waals surface area contributed by atoms with Crippen molar-refractivity contribution in [1.29, 1.82) is 0 Å². The van der Waals surface area contributed by atoms with Crippen molar-refractivity contribution in [2.45, 2.75) is 26.4 Å². The van der Waals surface area contributed by atoms with E-state index < -0.39 is 0 Å². The second kappa shape index (κ2) is 9.20. The van der Waals surface area contributed by atoms with Crippen LogP contribution in [-0.2, 0) is 13.1 Å². The third-order valence-electron chi connectivity index (χ3n) is 5.32. The zero-order valence-electron chi connectivity index (χ0n) is 16.8. The molecule has 0 atom stereocenters. The van der Waals surface area contributed by atoms with Crippen molar-refractivity contribution in [2.75, 3.05) is 31.1 Å². The van der Waals surface area contributed by atoms with Crippen LogP contribution in [0.2, 0.25) is 10.0 Å². The first-order chi connectivity index (χ1) is 14.5. The van der Waals surface area contributed by atoms with Crippen molar-refractivity contribution in [3.63, 3.8) is 0 Å². The maximum Gasteiger partial charge on any atom is 0.292 e. The standard InChI is InChI=1S/C21H24Cl2N6O/c1-2-28-15-16(12-24-28)14-26-8-3-9-27(11-10-26)19-13-25-29(21(30)20(19)23)18-6-4-17(22)5-7-18/h4-7,12-13,15H,2-3,8-11,14H2,1H3. The average Bonchev–Trinajstić information content (AvgIpc) is 3.08. The molecule has 0 spiro atoms. The number of anilines is 1. The van der Waals surface area contributed by atoms with Crippen LogP contribution in [-0.4, -0.2) is 50.6 Å². The zero-order chi connectivity index (χ0) is 21.1. The molecular formula is C21H24Cl2N6O. The fraction of sp³-hybridized carbons (Fsp3) is 0.381. The monoisotopic (exact) mass is 446 g/mol. The Morgan fingerprint density at radius 2 is 1.80 bits per heavy atom. The lowest BCUT2D eigenvalue weighted by Gasteiger charge is -2.24. The molecule has 3 aromatic rings. The molecule has 0 radical (unpaired) electrons. The van der Waals surface area contributed by atoms with Gasteiger partial charge in [0.15, 0.2) is 0 Å². The number of hydrogen-bond donors (Lipinski definition) is 0. The highest BCUT2D eigenvalue weighted by Gasteiger charge is 2.20. The summed E-state index contributed by atoms with van der Waals surface area (Å²) in [5.41, 5.74) is 2.21. The van der Waals surface area contributed by atoms with Gasteiger partial charge in [-0.3, -0.25) is 14.4 Å². The first kappa shape index (κ1) is 20.9. The largest absolute Gasteiger partial charge is 0.368 e. The van der Waals surface area contributed by atoms with Gasteiger partial charge in [0.05, 0.1) is 23.8 Å². The Morgan fingerprint density at radius 3 is 2.53 bits per heavy atom. The van der Waals surface area contributed by atoms with Gasteiger partial charge in [0, 0.05) is 56.1 Å². The van der Waals surface area contributed by atoms with Gasteiger partial charge < -0.3 is 4.90 Å². The molecule has 3 heterocycles. The summed E-state index contributed by atoms with van der Waals surface area (Å²) in [6.07, 6.45) is 6.70. The minimum absolute atomic E-state index is 0.192. The normalized spacial score (nSPS) is 15.4. The predicted molar refractivity (Wildman–Crippen MR) is 120 cm³/mol. The molecule has 1 fully saturated rings. The van der Waals surface area contributed by atoms with Crippen LogP contribution in [0.25, 0.3) is 5.69 Å². The van der Waals surface area contributed by atoms with E-state index in [4.69, 9.17) is 23.2 Å². The number of rotatable bonds is 5. The molecule has 0 unspecified atom stereocenters. The molecule has 0 N–H and O–H groups in total. The topological polar surface area (TPSA) is 59.2 Å². The second-order valence-electron chi connectivity index (χ2n) is 7.36. The molecule has 1 aliphatic rings. The smallest absolute Gasteiger partial charge is 0.292 e. The van der Waals surface area contributed by atoms with Gasteiger partial charge in [-0.2, -0.15) is 14.9 Å². The molecule has 9 heteroatoms. The number of aryl methyl sites for hydroxylation is 1. The molecule has 4 rings (SSSR count). The van der Waals surface area contributed by atoms with Gasteiger partial charge in [-0.1, -0.05) is 23.2 Å². The van der Waals surface area contributed by atoms with E-state index in [0.29, 0.717) is 16.4 Å². The van der Waals surface area contributed by atoms with Crippen molar-refractivity contribution in [2.24, 2.45) is 0 Å². The van der Waals surface area contributed by atoms with Gasteiger partial charge in [0.2, 0.25) is 0 Å². The first-order valence-electron chi connectivity index (χ1n) is 10.1. The summed E-state index contributed by atoms with van der Waals surface area (Å²) in [5, 5.41) is 9.50. The Labute approximate surface area is 185 Å². The van der Waals surface area contributed by atoms with Crippen molar-refractivity contribution in [3.05, 3.63) is 68.8 Å². The van der Waals surface area contributed by atoms with Gasteiger partial charge >= 0.3 is 0 Å². The van der Waals surface area contributed by atoms with Crippen LogP contribution >= 0.6 is 23.2 Å². The number of halogens is 2. The van der Waals surface area contributed by atoms with Crippen LogP contribution in [0.1, 0.15) is 18.9 Å². The van der Waals surface area contributed by atoms with Crippen molar-refractivity contribution >= 4 is 28.9 Å². The highest BCUT2D eigenvalue weighted by atomic mass is 35.5. The minimum Gasteiger partial charge on any atom is -0.368 e. The summed E-state index contributed by atoms with van der Waals surface area (Å²) in [6.45, 7) is 7.32. The molecule has 2 aromatic heterocycles. The molecule has 1 saturated heterocycles. The molecule has 7 nitrogen and oxygen atoms in total. The van der Waals surface area contributed by atoms with Crippen molar-refractivity contribution in [1.82, 2.24) is 24.5 Å². The second-order valence-corrected chi connectivity index (χ2v) is 8.17. The van der Waals surface area contributed by atoms with Gasteiger partial charge in [0.25, 0.3) is 5.56 Å². The Hall–Kier alpha value is -2.35. The van der Waals surface area contributed by atoms with E-state index in [2.05, 4.69) is 33.1 Å². The number of benzene rings is 1. The lowest BCUT2D eigenvalue weighted by Crippen LogP contribution is -2.32. The number of aromatic nitrogens is 4. The van der Waals surface area contributed by atoms with Crippen LogP contribution in [0.5, 0.6) is 0 Å². The Bertz CT molecular complexity index is 1060. The molecule has 0 amide bonds. The van der Waals surface area contributed by atoms with E-state index in [1.54, 1.807) is 30.5 Å². The van der Waals surface area contributed by atoms with E-state index in [1.807, 2.05) is 10.9 Å². The average molecular weight is 447 g/mol. The Kier molecular flexibility index (Phi) is 6.41. The van der Waals surface area contributed by atoms with Crippen molar-refractivity contribution in [3.8, 4) is 5.69 Å². The maximum absolute atomic E-state index is 12.8. The lowest BCUT2D eigenvalue weighted by molar-refractivity contribution is 0.285. The summed E-state index contributed by atoms with van der Waals surface area (Å²) in [5.74, 6) is 0. The third-order valence-corrected chi connectivity index (χ3v) is 5.93. The molecule has 30 heavy (non-hydrogen) atoms. The first-order valence-corrected chi connectivity index (χ1v) is 10.8. The molecule has 0 bridgehead atoms. The van der Waals surface area contributed by atoms with E-state index in [9.17, 15) is 4.79 Å². The summed E-state index contributed by atoms with van der Waals surface area (Å²) < 4.78 is 3.25. The summed E-state index contributed by atoms with van der Waals surface area (Å²) in [7, 11) is 0. The highest BCUT2D eigenvalue weighted by Crippen LogP contribution is 2.23. The molecule has 1 aliphatic heterocycles. The van der Waals surface area contributed by atoms with E-state index in [1.165, 1.54) is 10.2 Å². The molecule has 1 aromatic carbocycles. The Balaban J connectivity index is 1.48. The fourth-order valence-electron chi connectivity index (χ4n) is 3.70. The highest BCUT2D eigenvalue weighted by molar-refractivity contribution is 6.33. The predicted octanol–water partition coefficient (Wildman–Crippen LogP) is 3.47. The van der Waals surface area contributed by atoms with Crippen LogP contribution in [0, 0.1) is 0 Å². The lowest BCUT2D eigenvalue weighted by atomic mass is 10.3. The molecule has 158 valence electrons. The fourth-order valence-corrected chi connectivity index (χ4v) is 4.07. The molecular weight excluding hydrogens is 423 g/mol. The summed E-state index contributed by atoms with van der Waals surface area (Å²) >= 11 is 12.4. The molecule has 0 saturated carbocycles. The molecule has 0 aliphatic carbocycles. The van der Waals surface area contributed by atoms with Gasteiger partial charge in [-0.15, -0.1) is 0 Å².